The number of hydrogen-bond donors (Lipinski definition) is 3. The lowest BCUT2D eigenvalue weighted by Gasteiger charge is -2.22. The molecule has 0 saturated heterocycles. The zero-order chi connectivity index (χ0) is 13.5. The largest absolute Gasteiger partial charge is 0.399 e. The number of urea groups is 1. The molecule has 4 heteroatoms. The Morgan fingerprint density at radius 1 is 1.22 bits per heavy atom. The van der Waals surface area contributed by atoms with E-state index in [1.165, 1.54) is 0 Å². The van der Waals surface area contributed by atoms with E-state index in [2.05, 4.69) is 24.5 Å². The number of nitrogens with two attached hydrogens (primary N) is 1. The highest BCUT2D eigenvalue weighted by Gasteiger charge is 2.15. The number of carbonyl (C=O) groups is 1. The summed E-state index contributed by atoms with van der Waals surface area (Å²) in [6.45, 7) is 6.33. The molecule has 0 aromatic heterocycles. The number of amides is 2. The maximum atomic E-state index is 11.8. The van der Waals surface area contributed by atoms with Gasteiger partial charge in [-0.1, -0.05) is 26.7 Å². The fourth-order valence-electron chi connectivity index (χ4n) is 2.05. The van der Waals surface area contributed by atoms with Crippen LogP contribution in [0.4, 0.5) is 16.2 Å². The number of carbonyl (C=O) groups excluding carboxylic acids is 1. The van der Waals surface area contributed by atoms with Gasteiger partial charge in [0.05, 0.1) is 0 Å². The Labute approximate surface area is 109 Å². The van der Waals surface area contributed by atoms with Crippen LogP contribution in [0.25, 0.3) is 0 Å². The Balaban J connectivity index is 2.48. The van der Waals surface area contributed by atoms with Gasteiger partial charge in [0, 0.05) is 17.4 Å². The van der Waals surface area contributed by atoms with Gasteiger partial charge in [0.25, 0.3) is 0 Å². The molecule has 0 saturated carbocycles. The predicted molar refractivity (Wildman–Crippen MR) is 76.5 cm³/mol. The molecule has 0 radical (unpaired) electrons. The molecule has 0 spiro atoms. The molecule has 2 amide bonds. The molecule has 0 aliphatic heterocycles. The predicted octanol–water partition coefficient (Wildman–Crippen LogP) is 3.22. The van der Waals surface area contributed by atoms with E-state index >= 15 is 0 Å². The van der Waals surface area contributed by atoms with Crippen LogP contribution in [0.3, 0.4) is 0 Å². The highest BCUT2D eigenvalue weighted by Crippen LogP contribution is 2.13. The van der Waals surface area contributed by atoms with E-state index in [4.69, 9.17) is 5.73 Å². The third-order valence-electron chi connectivity index (χ3n) is 3.28. The van der Waals surface area contributed by atoms with Crippen LogP contribution in [0.2, 0.25) is 0 Å². The lowest BCUT2D eigenvalue weighted by molar-refractivity contribution is 0.243. The number of rotatable bonds is 5. The van der Waals surface area contributed by atoms with Crippen molar-refractivity contribution in [1.29, 1.82) is 0 Å². The van der Waals surface area contributed by atoms with Gasteiger partial charge < -0.3 is 16.4 Å². The SMILES string of the molecule is CCC(CC)C(C)NC(=O)Nc1ccc(N)cc1. The summed E-state index contributed by atoms with van der Waals surface area (Å²) >= 11 is 0. The van der Waals surface area contributed by atoms with Gasteiger partial charge in [-0.25, -0.2) is 4.79 Å². The molecule has 1 atom stereocenters. The van der Waals surface area contributed by atoms with Crippen molar-refractivity contribution in [3.8, 4) is 0 Å². The maximum absolute atomic E-state index is 11.8. The summed E-state index contributed by atoms with van der Waals surface area (Å²) in [5.41, 5.74) is 7.02. The smallest absolute Gasteiger partial charge is 0.319 e. The molecule has 100 valence electrons. The Hall–Kier alpha value is -1.71. The second-order valence-corrected chi connectivity index (χ2v) is 4.59. The number of hydrogen-bond acceptors (Lipinski definition) is 2. The topological polar surface area (TPSA) is 67.2 Å². The minimum Gasteiger partial charge on any atom is -0.399 e. The first-order valence-electron chi connectivity index (χ1n) is 6.49. The van der Waals surface area contributed by atoms with Crippen molar-refractivity contribution in [2.75, 3.05) is 11.1 Å². The molecule has 0 aliphatic carbocycles. The second-order valence-electron chi connectivity index (χ2n) is 4.59. The molecule has 0 bridgehead atoms. The van der Waals surface area contributed by atoms with Crippen LogP contribution in [0.5, 0.6) is 0 Å². The third kappa shape index (κ3) is 4.28. The van der Waals surface area contributed by atoms with Crippen LogP contribution in [0.1, 0.15) is 33.6 Å². The molecule has 0 heterocycles. The summed E-state index contributed by atoms with van der Waals surface area (Å²) in [7, 11) is 0. The molecular weight excluding hydrogens is 226 g/mol. The molecule has 0 fully saturated rings. The van der Waals surface area contributed by atoms with Crippen molar-refractivity contribution in [2.45, 2.75) is 39.7 Å². The molecule has 1 unspecified atom stereocenters. The zero-order valence-electron chi connectivity index (χ0n) is 11.4. The minimum absolute atomic E-state index is 0.167. The standard InChI is InChI=1S/C14H23N3O/c1-4-11(5-2)10(3)16-14(18)17-13-8-6-12(15)7-9-13/h6-11H,4-5,15H2,1-3H3,(H2,16,17,18). The van der Waals surface area contributed by atoms with Crippen LogP contribution in [-0.2, 0) is 0 Å². The molecule has 1 rings (SSSR count). The van der Waals surface area contributed by atoms with Crippen molar-refractivity contribution in [3.63, 3.8) is 0 Å². The van der Waals surface area contributed by atoms with E-state index in [-0.39, 0.29) is 12.1 Å². The van der Waals surface area contributed by atoms with Gasteiger partial charge in [0.1, 0.15) is 0 Å². The van der Waals surface area contributed by atoms with Crippen molar-refractivity contribution in [2.24, 2.45) is 5.92 Å². The van der Waals surface area contributed by atoms with Crippen molar-refractivity contribution < 1.29 is 4.79 Å². The molecular formula is C14H23N3O. The molecule has 18 heavy (non-hydrogen) atoms. The third-order valence-corrected chi connectivity index (χ3v) is 3.28. The Kier molecular flexibility index (Phi) is 5.49. The number of nitrogens with one attached hydrogen (secondary N) is 2. The van der Waals surface area contributed by atoms with Crippen molar-refractivity contribution in [3.05, 3.63) is 24.3 Å². The van der Waals surface area contributed by atoms with E-state index < -0.39 is 0 Å². The molecule has 1 aromatic rings. The van der Waals surface area contributed by atoms with E-state index in [9.17, 15) is 4.79 Å². The fourth-order valence-corrected chi connectivity index (χ4v) is 2.05. The van der Waals surface area contributed by atoms with Crippen LogP contribution in [0, 0.1) is 5.92 Å². The van der Waals surface area contributed by atoms with E-state index in [0.717, 1.165) is 18.5 Å². The van der Waals surface area contributed by atoms with Crippen LogP contribution in [0.15, 0.2) is 24.3 Å². The Morgan fingerprint density at radius 2 is 1.78 bits per heavy atom. The van der Waals surface area contributed by atoms with Gasteiger partial charge in [0.15, 0.2) is 0 Å². The zero-order valence-corrected chi connectivity index (χ0v) is 11.4. The second kappa shape index (κ2) is 6.89. The quantitative estimate of drug-likeness (QED) is 0.701. The average molecular weight is 249 g/mol. The van der Waals surface area contributed by atoms with E-state index in [1.54, 1.807) is 24.3 Å². The lowest BCUT2D eigenvalue weighted by Crippen LogP contribution is -2.40. The summed E-state index contributed by atoms with van der Waals surface area (Å²) in [5.74, 6) is 0.516. The van der Waals surface area contributed by atoms with Crippen LogP contribution >= 0.6 is 0 Å². The summed E-state index contributed by atoms with van der Waals surface area (Å²) < 4.78 is 0. The molecule has 4 N–H and O–H groups in total. The first kappa shape index (κ1) is 14.4. The Morgan fingerprint density at radius 3 is 2.28 bits per heavy atom. The van der Waals surface area contributed by atoms with Gasteiger partial charge >= 0.3 is 6.03 Å². The van der Waals surface area contributed by atoms with Gasteiger partial charge in [0.2, 0.25) is 0 Å². The number of anilines is 2. The van der Waals surface area contributed by atoms with Crippen LogP contribution < -0.4 is 16.4 Å². The molecule has 4 nitrogen and oxygen atoms in total. The summed E-state index contributed by atoms with van der Waals surface area (Å²) in [5, 5.41) is 5.76. The maximum Gasteiger partial charge on any atom is 0.319 e. The van der Waals surface area contributed by atoms with Crippen molar-refractivity contribution >= 4 is 17.4 Å². The fraction of sp³-hybridized carbons (Fsp3) is 0.500. The average Bonchev–Trinajstić information content (AvgIpc) is 2.33. The lowest BCUT2D eigenvalue weighted by atomic mass is 9.96. The normalized spacial score (nSPS) is 12.2. The van der Waals surface area contributed by atoms with Gasteiger partial charge in [-0.3, -0.25) is 0 Å². The first-order chi connectivity index (χ1) is 8.56. The summed E-state index contributed by atoms with van der Waals surface area (Å²) in [4.78, 5) is 11.8. The summed E-state index contributed by atoms with van der Waals surface area (Å²) in [6.07, 6.45) is 2.14. The van der Waals surface area contributed by atoms with Crippen LogP contribution in [-0.4, -0.2) is 12.1 Å². The molecule has 0 aliphatic rings. The van der Waals surface area contributed by atoms with Gasteiger partial charge in [-0.15, -0.1) is 0 Å². The first-order valence-corrected chi connectivity index (χ1v) is 6.49. The summed E-state index contributed by atoms with van der Waals surface area (Å²) in [6, 6.07) is 7.11. The highest BCUT2D eigenvalue weighted by molar-refractivity contribution is 5.89. The molecule has 1 aromatic carbocycles. The minimum atomic E-state index is -0.167. The van der Waals surface area contributed by atoms with E-state index in [1.807, 2.05) is 6.92 Å². The van der Waals surface area contributed by atoms with Gasteiger partial charge in [-0.2, -0.15) is 0 Å². The monoisotopic (exact) mass is 249 g/mol. The highest BCUT2D eigenvalue weighted by atomic mass is 16.2. The van der Waals surface area contributed by atoms with Gasteiger partial charge in [-0.05, 0) is 37.1 Å². The van der Waals surface area contributed by atoms with E-state index in [0.29, 0.717) is 11.6 Å². The number of nitrogen functional groups attached to an aromatic ring is 1. The Bertz CT molecular complexity index is 371. The number of benzene rings is 1. The van der Waals surface area contributed by atoms with Crippen molar-refractivity contribution in [1.82, 2.24) is 5.32 Å².